The molecule has 2 nitrogen and oxygen atoms in total. The predicted octanol–water partition coefficient (Wildman–Crippen LogP) is 3.40. The van der Waals surface area contributed by atoms with E-state index in [1.165, 1.54) is 0 Å². The number of anilines is 1. The lowest BCUT2D eigenvalue weighted by atomic mass is 10.1. The lowest BCUT2D eigenvalue weighted by Gasteiger charge is -2.04. The Balaban J connectivity index is 2.50. The van der Waals surface area contributed by atoms with E-state index < -0.39 is 0 Å². The summed E-state index contributed by atoms with van der Waals surface area (Å²) in [7, 11) is 0. The fourth-order valence-corrected chi connectivity index (χ4v) is 1.78. The number of nitrogen functional groups attached to an aromatic ring is 1. The Labute approximate surface area is 97.3 Å². The van der Waals surface area contributed by atoms with E-state index in [1.54, 1.807) is 0 Å². The van der Waals surface area contributed by atoms with Crippen LogP contribution in [0.4, 0.5) is 5.69 Å². The molecule has 15 heavy (non-hydrogen) atoms. The molecule has 0 bridgehead atoms. The van der Waals surface area contributed by atoms with Gasteiger partial charge >= 0.3 is 0 Å². The van der Waals surface area contributed by atoms with E-state index in [0.29, 0.717) is 0 Å². The fraction of sp³-hybridized carbons (Fsp3) is 0.0833. The minimum absolute atomic E-state index is 0.730. The Hall–Kier alpha value is -1.35. The van der Waals surface area contributed by atoms with Gasteiger partial charge in [-0.1, -0.05) is 28.1 Å². The van der Waals surface area contributed by atoms with Crippen LogP contribution in [-0.4, -0.2) is 4.98 Å². The molecule has 0 radical (unpaired) electrons. The molecule has 0 aliphatic rings. The van der Waals surface area contributed by atoms with Crippen molar-refractivity contribution in [3.8, 4) is 11.3 Å². The van der Waals surface area contributed by atoms with Crippen molar-refractivity contribution in [3.05, 3.63) is 46.6 Å². The quantitative estimate of drug-likeness (QED) is 0.856. The van der Waals surface area contributed by atoms with Crippen molar-refractivity contribution in [1.82, 2.24) is 4.98 Å². The van der Waals surface area contributed by atoms with Crippen molar-refractivity contribution < 1.29 is 0 Å². The van der Waals surface area contributed by atoms with Crippen LogP contribution in [0.1, 0.15) is 5.69 Å². The second-order valence-electron chi connectivity index (χ2n) is 3.38. The van der Waals surface area contributed by atoms with Crippen molar-refractivity contribution in [2.24, 2.45) is 0 Å². The number of aromatic nitrogens is 1. The molecule has 0 aliphatic carbocycles. The van der Waals surface area contributed by atoms with Crippen molar-refractivity contribution >= 4 is 21.6 Å². The molecule has 0 aliphatic heterocycles. The van der Waals surface area contributed by atoms with E-state index in [2.05, 4.69) is 20.9 Å². The summed E-state index contributed by atoms with van der Waals surface area (Å²) in [6.07, 6.45) is 0. The molecule has 0 unspecified atom stereocenters. The maximum Gasteiger partial charge on any atom is 0.0707 e. The molecule has 76 valence electrons. The zero-order valence-electron chi connectivity index (χ0n) is 8.37. The maximum absolute atomic E-state index is 5.72. The molecule has 1 aromatic heterocycles. The van der Waals surface area contributed by atoms with E-state index in [0.717, 1.165) is 27.1 Å². The maximum atomic E-state index is 5.72. The van der Waals surface area contributed by atoms with Gasteiger partial charge in [0.15, 0.2) is 0 Å². The van der Waals surface area contributed by atoms with Gasteiger partial charge in [0.25, 0.3) is 0 Å². The highest BCUT2D eigenvalue weighted by Gasteiger charge is 2.01. The standard InChI is InChI=1S/C12H11BrN2/c1-8-11(14)5-6-12(15-8)9-3-2-4-10(13)7-9/h2-7H,14H2,1H3. The van der Waals surface area contributed by atoms with Gasteiger partial charge in [-0.3, -0.25) is 4.98 Å². The minimum atomic E-state index is 0.730. The molecule has 1 heterocycles. The van der Waals surface area contributed by atoms with Crippen LogP contribution in [-0.2, 0) is 0 Å². The van der Waals surface area contributed by atoms with Gasteiger partial charge in [-0.15, -0.1) is 0 Å². The van der Waals surface area contributed by atoms with Gasteiger partial charge in [0.1, 0.15) is 0 Å². The zero-order valence-corrected chi connectivity index (χ0v) is 9.95. The first kappa shape index (κ1) is 10.2. The van der Waals surface area contributed by atoms with Gasteiger partial charge in [-0.2, -0.15) is 0 Å². The topological polar surface area (TPSA) is 38.9 Å². The van der Waals surface area contributed by atoms with Gasteiger partial charge in [0.2, 0.25) is 0 Å². The lowest BCUT2D eigenvalue weighted by Crippen LogP contribution is -1.94. The van der Waals surface area contributed by atoms with Gasteiger partial charge < -0.3 is 5.73 Å². The summed E-state index contributed by atoms with van der Waals surface area (Å²) >= 11 is 3.44. The highest BCUT2D eigenvalue weighted by atomic mass is 79.9. The van der Waals surface area contributed by atoms with Crippen molar-refractivity contribution in [3.63, 3.8) is 0 Å². The number of benzene rings is 1. The molecule has 0 saturated heterocycles. The van der Waals surface area contributed by atoms with Crippen LogP contribution in [0, 0.1) is 6.92 Å². The normalized spacial score (nSPS) is 10.3. The third-order valence-electron chi connectivity index (χ3n) is 2.25. The molecule has 3 heteroatoms. The zero-order chi connectivity index (χ0) is 10.8. The van der Waals surface area contributed by atoms with Gasteiger partial charge in [0, 0.05) is 10.0 Å². The largest absolute Gasteiger partial charge is 0.397 e. The number of nitrogens with two attached hydrogens (primary N) is 1. The van der Waals surface area contributed by atoms with Crippen LogP contribution in [0.15, 0.2) is 40.9 Å². The van der Waals surface area contributed by atoms with Crippen LogP contribution in [0.3, 0.4) is 0 Å². The van der Waals surface area contributed by atoms with E-state index in [4.69, 9.17) is 5.73 Å². The number of nitrogens with zero attached hydrogens (tertiary/aromatic N) is 1. The first-order valence-electron chi connectivity index (χ1n) is 4.66. The first-order valence-corrected chi connectivity index (χ1v) is 5.45. The van der Waals surface area contributed by atoms with E-state index in [-0.39, 0.29) is 0 Å². The van der Waals surface area contributed by atoms with Crippen molar-refractivity contribution in [1.29, 1.82) is 0 Å². The summed E-state index contributed by atoms with van der Waals surface area (Å²) in [5, 5.41) is 0. The Morgan fingerprint density at radius 1 is 1.20 bits per heavy atom. The smallest absolute Gasteiger partial charge is 0.0707 e. The average Bonchev–Trinajstić information content (AvgIpc) is 2.22. The second-order valence-corrected chi connectivity index (χ2v) is 4.30. The molecule has 0 spiro atoms. The molecule has 0 fully saturated rings. The summed E-state index contributed by atoms with van der Waals surface area (Å²) < 4.78 is 1.05. The summed E-state index contributed by atoms with van der Waals surface area (Å²) in [4.78, 5) is 4.44. The second kappa shape index (κ2) is 4.03. The monoisotopic (exact) mass is 262 g/mol. The Morgan fingerprint density at radius 2 is 2.00 bits per heavy atom. The molecule has 2 aromatic rings. The molecule has 1 aromatic carbocycles. The Morgan fingerprint density at radius 3 is 2.67 bits per heavy atom. The lowest BCUT2D eigenvalue weighted by molar-refractivity contribution is 1.21. The van der Waals surface area contributed by atoms with Crippen LogP contribution < -0.4 is 5.73 Å². The van der Waals surface area contributed by atoms with Crippen LogP contribution in [0.5, 0.6) is 0 Å². The van der Waals surface area contributed by atoms with E-state index in [1.807, 2.05) is 43.3 Å². The number of hydrogen-bond donors (Lipinski definition) is 1. The van der Waals surface area contributed by atoms with Crippen molar-refractivity contribution in [2.45, 2.75) is 6.92 Å². The van der Waals surface area contributed by atoms with Crippen LogP contribution in [0.25, 0.3) is 11.3 Å². The molecule has 0 atom stereocenters. The van der Waals surface area contributed by atoms with E-state index >= 15 is 0 Å². The number of aryl methyl sites for hydroxylation is 1. The predicted molar refractivity (Wildman–Crippen MR) is 66.5 cm³/mol. The highest BCUT2D eigenvalue weighted by molar-refractivity contribution is 9.10. The van der Waals surface area contributed by atoms with Gasteiger partial charge in [-0.05, 0) is 31.2 Å². The summed E-state index contributed by atoms with van der Waals surface area (Å²) in [6.45, 7) is 1.91. The molecule has 0 amide bonds. The first-order chi connectivity index (χ1) is 7.16. The number of pyridine rings is 1. The van der Waals surface area contributed by atoms with Crippen LogP contribution in [0.2, 0.25) is 0 Å². The fourth-order valence-electron chi connectivity index (χ4n) is 1.38. The SMILES string of the molecule is Cc1nc(-c2cccc(Br)c2)ccc1N. The van der Waals surface area contributed by atoms with Crippen molar-refractivity contribution in [2.75, 3.05) is 5.73 Å². The molecule has 2 rings (SSSR count). The summed E-state index contributed by atoms with van der Waals surface area (Å²) in [6, 6.07) is 11.9. The third-order valence-corrected chi connectivity index (χ3v) is 2.74. The van der Waals surface area contributed by atoms with Gasteiger partial charge in [0.05, 0.1) is 17.1 Å². The van der Waals surface area contributed by atoms with Crippen LogP contribution >= 0.6 is 15.9 Å². The highest BCUT2D eigenvalue weighted by Crippen LogP contribution is 2.22. The Bertz CT molecular complexity index is 495. The molecular formula is C12H11BrN2. The third kappa shape index (κ3) is 2.18. The molecule has 2 N–H and O–H groups in total. The molecular weight excluding hydrogens is 252 g/mol. The van der Waals surface area contributed by atoms with E-state index in [9.17, 15) is 0 Å². The Kier molecular flexibility index (Phi) is 2.73. The minimum Gasteiger partial charge on any atom is -0.397 e. The number of halogens is 1. The molecule has 0 saturated carbocycles. The number of hydrogen-bond acceptors (Lipinski definition) is 2. The average molecular weight is 263 g/mol. The summed E-state index contributed by atoms with van der Waals surface area (Å²) in [5.74, 6) is 0. The van der Waals surface area contributed by atoms with Gasteiger partial charge in [-0.25, -0.2) is 0 Å². The summed E-state index contributed by atoms with van der Waals surface area (Å²) in [5.41, 5.74) is 9.36. The number of rotatable bonds is 1.